The third-order valence-corrected chi connectivity index (χ3v) is 4.72. The molecule has 3 nitrogen and oxygen atoms in total. The van der Waals surface area contributed by atoms with E-state index in [2.05, 4.69) is 26.2 Å². The summed E-state index contributed by atoms with van der Waals surface area (Å²) in [5.74, 6) is -0.209. The van der Waals surface area contributed by atoms with Gasteiger partial charge in [0.1, 0.15) is 5.82 Å². The van der Waals surface area contributed by atoms with Crippen molar-refractivity contribution in [1.29, 1.82) is 0 Å². The van der Waals surface area contributed by atoms with Gasteiger partial charge in [-0.1, -0.05) is 22.0 Å². The molecule has 3 rings (SSSR count). The lowest BCUT2D eigenvalue weighted by Gasteiger charge is -2.17. The van der Waals surface area contributed by atoms with E-state index in [1.54, 1.807) is 17.4 Å². The average Bonchev–Trinajstić information content (AvgIpc) is 2.98. The molecule has 104 valence electrons. The molecule has 0 radical (unpaired) electrons. The quantitative estimate of drug-likeness (QED) is 0.772. The molecule has 3 aromatic rings. The van der Waals surface area contributed by atoms with Gasteiger partial charge in [0.05, 0.1) is 5.69 Å². The third kappa shape index (κ3) is 2.51. The van der Waals surface area contributed by atoms with Crippen molar-refractivity contribution in [2.24, 2.45) is 0 Å². The molecule has 1 atom stereocenters. The van der Waals surface area contributed by atoms with Gasteiger partial charge >= 0.3 is 0 Å². The molecule has 2 aromatic heterocycles. The lowest BCUT2D eigenvalue weighted by atomic mass is 10.0. The number of benzene rings is 1. The molecule has 0 saturated heterocycles. The molecule has 6 heteroatoms. The molecule has 1 aromatic carbocycles. The number of likely N-dealkylation sites (N-methyl/N-ethyl adjacent to an activating group) is 1. The maximum absolute atomic E-state index is 14.0. The molecule has 0 aliphatic rings. The summed E-state index contributed by atoms with van der Waals surface area (Å²) >= 11 is 5.02. The Morgan fingerprint density at radius 3 is 3.05 bits per heavy atom. The van der Waals surface area contributed by atoms with Crippen LogP contribution >= 0.6 is 27.3 Å². The summed E-state index contributed by atoms with van der Waals surface area (Å²) in [5, 5.41) is 5.16. The zero-order valence-corrected chi connectivity index (χ0v) is 13.2. The van der Waals surface area contributed by atoms with Crippen LogP contribution in [0.3, 0.4) is 0 Å². The zero-order valence-electron chi connectivity index (χ0n) is 10.8. The van der Waals surface area contributed by atoms with E-state index in [0.29, 0.717) is 12.0 Å². The van der Waals surface area contributed by atoms with Crippen LogP contribution in [0.1, 0.15) is 17.3 Å². The van der Waals surface area contributed by atoms with Crippen LogP contribution in [-0.4, -0.2) is 16.4 Å². The van der Waals surface area contributed by atoms with Gasteiger partial charge in [0, 0.05) is 40.3 Å². The first-order valence-corrected chi connectivity index (χ1v) is 7.88. The van der Waals surface area contributed by atoms with E-state index in [9.17, 15) is 4.39 Å². The van der Waals surface area contributed by atoms with Gasteiger partial charge in [-0.15, -0.1) is 11.3 Å². The fourth-order valence-corrected chi connectivity index (χ4v) is 3.61. The number of nitrogens with zero attached hydrogens (tertiary/aromatic N) is 2. The van der Waals surface area contributed by atoms with Crippen LogP contribution in [0.4, 0.5) is 4.39 Å². The molecular weight excluding hydrogens is 341 g/mol. The minimum atomic E-state index is -0.209. The molecule has 1 unspecified atom stereocenters. The monoisotopic (exact) mass is 353 g/mol. The average molecular weight is 354 g/mol. The van der Waals surface area contributed by atoms with Crippen molar-refractivity contribution in [2.45, 2.75) is 12.5 Å². The van der Waals surface area contributed by atoms with Crippen molar-refractivity contribution in [3.63, 3.8) is 0 Å². The SMILES string of the molecule is CNC(Cc1cn2ccsc2n1)c1c(F)cccc1Br. The Morgan fingerprint density at radius 2 is 2.35 bits per heavy atom. The maximum Gasteiger partial charge on any atom is 0.193 e. The molecule has 0 saturated carbocycles. The molecule has 0 aliphatic carbocycles. The van der Waals surface area contributed by atoms with Gasteiger partial charge in [-0.3, -0.25) is 4.40 Å². The van der Waals surface area contributed by atoms with Crippen molar-refractivity contribution >= 4 is 32.2 Å². The molecule has 0 fully saturated rings. The van der Waals surface area contributed by atoms with Crippen LogP contribution < -0.4 is 5.32 Å². The second kappa shape index (κ2) is 5.63. The highest BCUT2D eigenvalue weighted by atomic mass is 79.9. The molecular formula is C14H13BrFN3S. The molecule has 20 heavy (non-hydrogen) atoms. The Balaban J connectivity index is 1.92. The fraction of sp³-hybridized carbons (Fsp3) is 0.214. The maximum atomic E-state index is 14.0. The smallest absolute Gasteiger partial charge is 0.193 e. The highest BCUT2D eigenvalue weighted by molar-refractivity contribution is 9.10. The first-order chi connectivity index (χ1) is 9.69. The van der Waals surface area contributed by atoms with Crippen molar-refractivity contribution in [3.8, 4) is 0 Å². The zero-order chi connectivity index (χ0) is 14.1. The van der Waals surface area contributed by atoms with Crippen molar-refractivity contribution in [1.82, 2.24) is 14.7 Å². The van der Waals surface area contributed by atoms with E-state index in [1.165, 1.54) is 6.07 Å². The van der Waals surface area contributed by atoms with Gasteiger partial charge < -0.3 is 5.32 Å². The van der Waals surface area contributed by atoms with E-state index in [0.717, 1.165) is 15.1 Å². The van der Waals surface area contributed by atoms with E-state index in [1.807, 2.05) is 35.3 Å². The lowest BCUT2D eigenvalue weighted by Crippen LogP contribution is -2.20. The summed E-state index contributed by atoms with van der Waals surface area (Å²) in [4.78, 5) is 5.51. The van der Waals surface area contributed by atoms with Crippen molar-refractivity contribution in [2.75, 3.05) is 7.05 Å². The molecule has 2 heterocycles. The van der Waals surface area contributed by atoms with E-state index in [-0.39, 0.29) is 11.9 Å². The Morgan fingerprint density at radius 1 is 1.50 bits per heavy atom. The van der Waals surface area contributed by atoms with E-state index < -0.39 is 0 Å². The summed E-state index contributed by atoms with van der Waals surface area (Å²) in [6.45, 7) is 0. The highest BCUT2D eigenvalue weighted by Gasteiger charge is 2.19. The van der Waals surface area contributed by atoms with Crippen LogP contribution in [-0.2, 0) is 6.42 Å². The number of rotatable bonds is 4. The predicted molar refractivity (Wildman–Crippen MR) is 82.7 cm³/mol. The molecule has 0 aliphatic heterocycles. The first kappa shape index (κ1) is 13.7. The molecule has 0 bridgehead atoms. The lowest BCUT2D eigenvalue weighted by molar-refractivity contribution is 0.528. The van der Waals surface area contributed by atoms with Gasteiger partial charge in [-0.2, -0.15) is 0 Å². The van der Waals surface area contributed by atoms with E-state index >= 15 is 0 Å². The summed E-state index contributed by atoms with van der Waals surface area (Å²) in [6, 6.07) is 4.92. The van der Waals surface area contributed by atoms with Crippen LogP contribution in [0.5, 0.6) is 0 Å². The van der Waals surface area contributed by atoms with Gasteiger partial charge in [0.25, 0.3) is 0 Å². The third-order valence-electron chi connectivity index (χ3n) is 3.25. The van der Waals surface area contributed by atoms with Crippen LogP contribution in [0, 0.1) is 5.82 Å². The fourth-order valence-electron chi connectivity index (χ4n) is 2.28. The van der Waals surface area contributed by atoms with Gasteiger partial charge in [0.15, 0.2) is 4.96 Å². The number of aromatic nitrogens is 2. The number of thiazole rings is 1. The van der Waals surface area contributed by atoms with Gasteiger partial charge in [0.2, 0.25) is 0 Å². The highest BCUT2D eigenvalue weighted by Crippen LogP contribution is 2.28. The molecule has 1 N–H and O–H groups in total. The Kier molecular flexibility index (Phi) is 3.87. The van der Waals surface area contributed by atoms with Crippen LogP contribution in [0.25, 0.3) is 4.96 Å². The Bertz CT molecular complexity index is 688. The number of hydrogen-bond acceptors (Lipinski definition) is 3. The minimum Gasteiger partial charge on any atom is -0.313 e. The first-order valence-electron chi connectivity index (χ1n) is 6.21. The summed E-state index contributed by atoms with van der Waals surface area (Å²) in [6.07, 6.45) is 4.61. The Hall–Kier alpha value is -1.24. The summed E-state index contributed by atoms with van der Waals surface area (Å²) in [7, 11) is 1.84. The van der Waals surface area contributed by atoms with Gasteiger partial charge in [-0.05, 0) is 19.2 Å². The summed E-state index contributed by atoms with van der Waals surface area (Å²) < 4.78 is 16.8. The van der Waals surface area contributed by atoms with Gasteiger partial charge in [-0.25, -0.2) is 9.37 Å². The predicted octanol–water partition coefficient (Wildman–Crippen LogP) is 3.80. The summed E-state index contributed by atoms with van der Waals surface area (Å²) in [5.41, 5.74) is 1.60. The number of nitrogens with one attached hydrogen (secondary N) is 1. The van der Waals surface area contributed by atoms with E-state index in [4.69, 9.17) is 0 Å². The number of imidazole rings is 1. The molecule has 0 spiro atoms. The largest absolute Gasteiger partial charge is 0.313 e. The second-order valence-electron chi connectivity index (χ2n) is 4.51. The standard InChI is InChI=1S/C14H13BrFN3S/c1-17-12(13-10(15)3-2-4-11(13)16)7-9-8-19-5-6-20-14(19)18-9/h2-6,8,12,17H,7H2,1H3. The molecule has 0 amide bonds. The normalized spacial score (nSPS) is 12.9. The van der Waals surface area contributed by atoms with Crippen LogP contribution in [0.2, 0.25) is 0 Å². The Labute approximate surface area is 128 Å². The van der Waals surface area contributed by atoms with Crippen molar-refractivity contribution in [3.05, 3.63) is 57.5 Å². The topological polar surface area (TPSA) is 29.3 Å². The minimum absolute atomic E-state index is 0.116. The van der Waals surface area contributed by atoms with Crippen LogP contribution in [0.15, 0.2) is 40.4 Å². The number of halogens is 2. The second-order valence-corrected chi connectivity index (χ2v) is 6.23. The number of fused-ring (bicyclic) bond motifs is 1. The number of hydrogen-bond donors (Lipinski definition) is 1. The van der Waals surface area contributed by atoms with Crippen molar-refractivity contribution < 1.29 is 4.39 Å².